The fourth-order valence-electron chi connectivity index (χ4n) is 4.12. The highest BCUT2D eigenvalue weighted by atomic mass is 16.2. The van der Waals surface area contributed by atoms with E-state index in [-0.39, 0.29) is 11.8 Å². The molecule has 5 nitrogen and oxygen atoms in total. The molecule has 1 aliphatic carbocycles. The molecule has 1 aromatic carbocycles. The Labute approximate surface area is 174 Å². The van der Waals surface area contributed by atoms with E-state index in [4.69, 9.17) is 9.97 Å². The van der Waals surface area contributed by atoms with Crippen LogP contribution >= 0.6 is 0 Å². The van der Waals surface area contributed by atoms with Gasteiger partial charge in [-0.2, -0.15) is 0 Å². The molecule has 0 N–H and O–H groups in total. The van der Waals surface area contributed by atoms with Crippen LogP contribution in [0.15, 0.2) is 24.3 Å². The van der Waals surface area contributed by atoms with Crippen molar-refractivity contribution in [3.05, 3.63) is 52.5 Å². The van der Waals surface area contributed by atoms with Gasteiger partial charge in [0.05, 0.1) is 0 Å². The first-order valence-corrected chi connectivity index (χ1v) is 10.9. The Hall–Kier alpha value is -2.43. The standard InChI is InChI=1S/C24H32N4O/c1-16(2)24(29)28-12-10-27(11-13-28)23-21(15-19-7-5-6-17(3)14-19)18(4)25-22(26-23)20-8-9-20/h5-7,14,16,20H,8-13,15H2,1-4H3. The first-order valence-electron chi connectivity index (χ1n) is 10.9. The molecule has 154 valence electrons. The highest BCUT2D eigenvalue weighted by Crippen LogP contribution is 2.39. The number of benzene rings is 1. The van der Waals surface area contributed by atoms with Gasteiger partial charge in [-0.05, 0) is 32.3 Å². The maximum absolute atomic E-state index is 12.4. The van der Waals surface area contributed by atoms with E-state index in [0.717, 1.165) is 49.9 Å². The van der Waals surface area contributed by atoms with Crippen molar-refractivity contribution in [2.75, 3.05) is 31.1 Å². The molecule has 2 fully saturated rings. The summed E-state index contributed by atoms with van der Waals surface area (Å²) in [5.41, 5.74) is 4.89. The van der Waals surface area contributed by atoms with E-state index in [2.05, 4.69) is 43.0 Å². The first kappa shape index (κ1) is 19.9. The summed E-state index contributed by atoms with van der Waals surface area (Å²) in [5, 5.41) is 0. The van der Waals surface area contributed by atoms with E-state index in [0.29, 0.717) is 5.92 Å². The number of amides is 1. The van der Waals surface area contributed by atoms with Crippen molar-refractivity contribution >= 4 is 11.7 Å². The van der Waals surface area contributed by atoms with Gasteiger partial charge in [0.25, 0.3) is 0 Å². The number of nitrogens with zero attached hydrogens (tertiary/aromatic N) is 4. The molecular formula is C24H32N4O. The Balaban J connectivity index is 1.61. The summed E-state index contributed by atoms with van der Waals surface area (Å²) in [6.45, 7) is 11.4. The van der Waals surface area contributed by atoms with Crippen LogP contribution in [0, 0.1) is 19.8 Å². The number of rotatable bonds is 5. The van der Waals surface area contributed by atoms with Gasteiger partial charge in [-0.3, -0.25) is 4.79 Å². The van der Waals surface area contributed by atoms with Gasteiger partial charge in [0, 0.05) is 55.7 Å². The average molecular weight is 393 g/mol. The highest BCUT2D eigenvalue weighted by molar-refractivity contribution is 5.78. The molecule has 1 amide bonds. The van der Waals surface area contributed by atoms with E-state index >= 15 is 0 Å². The molecule has 4 rings (SSSR count). The largest absolute Gasteiger partial charge is 0.353 e. The number of carbonyl (C=O) groups excluding carboxylic acids is 1. The molecule has 0 bridgehead atoms. The van der Waals surface area contributed by atoms with E-state index < -0.39 is 0 Å². The van der Waals surface area contributed by atoms with E-state index in [9.17, 15) is 4.79 Å². The minimum absolute atomic E-state index is 0.0567. The molecule has 2 heterocycles. The number of hydrogen-bond donors (Lipinski definition) is 0. The Bertz CT molecular complexity index is 896. The molecule has 0 atom stereocenters. The zero-order chi connectivity index (χ0) is 20.5. The van der Waals surface area contributed by atoms with Crippen molar-refractivity contribution in [3.8, 4) is 0 Å². The number of anilines is 1. The first-order chi connectivity index (χ1) is 13.9. The highest BCUT2D eigenvalue weighted by Gasteiger charge is 2.30. The number of carbonyl (C=O) groups is 1. The third kappa shape index (κ3) is 4.44. The summed E-state index contributed by atoms with van der Waals surface area (Å²) in [4.78, 5) is 26.7. The second-order valence-electron chi connectivity index (χ2n) is 8.88. The summed E-state index contributed by atoms with van der Waals surface area (Å²) < 4.78 is 0. The van der Waals surface area contributed by atoms with Gasteiger partial charge in [0.1, 0.15) is 11.6 Å². The molecule has 29 heavy (non-hydrogen) atoms. The van der Waals surface area contributed by atoms with Crippen LogP contribution in [-0.4, -0.2) is 47.0 Å². The molecule has 1 aromatic heterocycles. The Kier molecular flexibility index (Phi) is 5.57. The smallest absolute Gasteiger partial charge is 0.225 e. The molecule has 2 aliphatic rings. The van der Waals surface area contributed by atoms with Gasteiger partial charge in [-0.1, -0.05) is 43.7 Å². The molecule has 1 saturated heterocycles. The second-order valence-corrected chi connectivity index (χ2v) is 8.88. The fraction of sp³-hybridized carbons (Fsp3) is 0.542. The van der Waals surface area contributed by atoms with Gasteiger partial charge in [-0.15, -0.1) is 0 Å². The number of hydrogen-bond acceptors (Lipinski definition) is 4. The molecule has 1 saturated carbocycles. The van der Waals surface area contributed by atoms with Crippen LogP contribution in [0.5, 0.6) is 0 Å². The molecule has 0 spiro atoms. The second kappa shape index (κ2) is 8.13. The van der Waals surface area contributed by atoms with Crippen molar-refractivity contribution < 1.29 is 4.79 Å². The molecule has 2 aromatic rings. The fourth-order valence-corrected chi connectivity index (χ4v) is 4.12. The lowest BCUT2D eigenvalue weighted by Crippen LogP contribution is -2.50. The summed E-state index contributed by atoms with van der Waals surface area (Å²) >= 11 is 0. The van der Waals surface area contributed by atoms with Crippen molar-refractivity contribution in [2.24, 2.45) is 5.92 Å². The van der Waals surface area contributed by atoms with Crippen LogP contribution in [-0.2, 0) is 11.2 Å². The van der Waals surface area contributed by atoms with E-state index in [1.54, 1.807) is 0 Å². The summed E-state index contributed by atoms with van der Waals surface area (Å²) in [7, 11) is 0. The minimum atomic E-state index is 0.0567. The number of aromatic nitrogens is 2. The maximum atomic E-state index is 12.4. The lowest BCUT2D eigenvalue weighted by Gasteiger charge is -2.37. The zero-order valence-electron chi connectivity index (χ0n) is 18.1. The summed E-state index contributed by atoms with van der Waals surface area (Å²) in [5.74, 6) is 2.93. The van der Waals surface area contributed by atoms with Crippen molar-refractivity contribution in [1.29, 1.82) is 0 Å². The van der Waals surface area contributed by atoms with Crippen LogP contribution in [0.25, 0.3) is 0 Å². The van der Waals surface area contributed by atoms with E-state index in [1.807, 2.05) is 18.7 Å². The van der Waals surface area contributed by atoms with Crippen LogP contribution in [0.3, 0.4) is 0 Å². The van der Waals surface area contributed by atoms with Gasteiger partial charge >= 0.3 is 0 Å². The third-order valence-corrected chi connectivity index (χ3v) is 6.00. The lowest BCUT2D eigenvalue weighted by atomic mass is 10.0. The average Bonchev–Trinajstić information content (AvgIpc) is 3.54. The predicted octanol–water partition coefficient (Wildman–Crippen LogP) is 3.87. The molecule has 5 heteroatoms. The summed E-state index contributed by atoms with van der Waals surface area (Å²) in [6.07, 6.45) is 3.25. The normalized spacial score (nSPS) is 17.1. The van der Waals surface area contributed by atoms with Gasteiger partial charge in [0.2, 0.25) is 5.91 Å². The quantitative estimate of drug-likeness (QED) is 0.775. The Morgan fingerprint density at radius 2 is 1.83 bits per heavy atom. The molecule has 1 aliphatic heterocycles. The van der Waals surface area contributed by atoms with Gasteiger partial charge < -0.3 is 9.80 Å². The SMILES string of the molecule is Cc1cccc(Cc2c(C)nc(C3CC3)nc2N2CCN(C(=O)C(C)C)CC2)c1. The molecule has 0 radical (unpaired) electrons. The Morgan fingerprint density at radius 3 is 2.45 bits per heavy atom. The van der Waals surface area contributed by atoms with Crippen LogP contribution < -0.4 is 4.90 Å². The van der Waals surface area contributed by atoms with E-state index in [1.165, 1.54) is 29.5 Å². The summed E-state index contributed by atoms with van der Waals surface area (Å²) in [6, 6.07) is 8.69. The maximum Gasteiger partial charge on any atom is 0.225 e. The third-order valence-electron chi connectivity index (χ3n) is 6.00. The van der Waals surface area contributed by atoms with Crippen LogP contribution in [0.4, 0.5) is 5.82 Å². The minimum Gasteiger partial charge on any atom is -0.353 e. The Morgan fingerprint density at radius 1 is 1.10 bits per heavy atom. The van der Waals surface area contributed by atoms with Crippen molar-refractivity contribution in [3.63, 3.8) is 0 Å². The number of piperazine rings is 1. The lowest BCUT2D eigenvalue weighted by molar-refractivity contribution is -0.134. The zero-order valence-corrected chi connectivity index (χ0v) is 18.1. The number of aryl methyl sites for hydroxylation is 2. The van der Waals surface area contributed by atoms with Crippen LogP contribution in [0.1, 0.15) is 60.8 Å². The van der Waals surface area contributed by atoms with Gasteiger partial charge in [-0.25, -0.2) is 9.97 Å². The van der Waals surface area contributed by atoms with Crippen molar-refractivity contribution in [2.45, 2.75) is 52.9 Å². The topological polar surface area (TPSA) is 49.3 Å². The monoisotopic (exact) mass is 392 g/mol. The van der Waals surface area contributed by atoms with Crippen LogP contribution in [0.2, 0.25) is 0 Å². The van der Waals surface area contributed by atoms with Crippen molar-refractivity contribution in [1.82, 2.24) is 14.9 Å². The van der Waals surface area contributed by atoms with Gasteiger partial charge in [0.15, 0.2) is 0 Å². The predicted molar refractivity (Wildman–Crippen MR) is 116 cm³/mol. The molecular weight excluding hydrogens is 360 g/mol. The molecule has 0 unspecified atom stereocenters.